The number of carbonyl (C=O) groups is 2. The fraction of sp³-hybridized carbons (Fsp3) is 0.778. The lowest BCUT2D eigenvalue weighted by atomic mass is 10.2. The molecule has 0 aromatic heterocycles. The Morgan fingerprint density at radius 2 is 1.44 bits per heavy atom. The summed E-state index contributed by atoms with van der Waals surface area (Å²) in [6, 6.07) is 0. The van der Waals surface area contributed by atoms with Gasteiger partial charge in [-0.2, -0.15) is 0 Å². The highest BCUT2D eigenvalue weighted by molar-refractivity contribution is 6.03. The molecule has 0 saturated carbocycles. The third kappa shape index (κ3) is 20.6. The van der Waals surface area contributed by atoms with Crippen molar-refractivity contribution in [2.75, 3.05) is 66.0 Å². The Hall–Kier alpha value is -1.54. The van der Waals surface area contributed by atoms with Gasteiger partial charge in [0.2, 0.25) is 5.78 Å². The van der Waals surface area contributed by atoms with Gasteiger partial charge in [0.05, 0.1) is 39.6 Å². The zero-order valence-corrected chi connectivity index (χ0v) is 16.0. The van der Waals surface area contributed by atoms with E-state index in [9.17, 15) is 9.59 Å². The smallest absolute Gasteiger partial charge is 0.296 e. The van der Waals surface area contributed by atoms with Gasteiger partial charge in [-0.1, -0.05) is 0 Å². The number of rotatable bonds is 18. The second kappa shape index (κ2) is 20.8. The van der Waals surface area contributed by atoms with Gasteiger partial charge in [0, 0.05) is 38.7 Å². The van der Waals surface area contributed by atoms with Crippen LogP contribution in [-0.4, -0.2) is 83.0 Å². The average Bonchev–Trinajstić information content (AvgIpc) is 2.67. The van der Waals surface area contributed by atoms with Crippen molar-refractivity contribution >= 4 is 11.7 Å². The summed E-state index contributed by atoms with van der Waals surface area (Å²) in [6.07, 6.45) is 1.41. The van der Waals surface area contributed by atoms with Gasteiger partial charge in [-0.3, -0.25) is 14.8 Å². The molecule has 0 saturated heterocycles. The molecule has 0 atom stereocenters. The van der Waals surface area contributed by atoms with Crippen molar-refractivity contribution in [1.82, 2.24) is 5.32 Å². The highest BCUT2D eigenvalue weighted by atomic mass is 17.1. The molecule has 156 valence electrons. The third-order valence-corrected chi connectivity index (χ3v) is 3.01. The number of hydrogen-bond acceptors (Lipinski definition) is 8. The van der Waals surface area contributed by atoms with Crippen LogP contribution in [0.25, 0.3) is 0 Å². The summed E-state index contributed by atoms with van der Waals surface area (Å²) in [6.45, 7) is 6.22. The molecule has 0 heterocycles. The summed E-state index contributed by atoms with van der Waals surface area (Å²) >= 11 is 0. The largest absolute Gasteiger partial charge is 0.379 e. The molecule has 0 aliphatic rings. The first kappa shape index (κ1) is 25.5. The Morgan fingerprint density at radius 1 is 0.815 bits per heavy atom. The lowest BCUT2D eigenvalue weighted by molar-refractivity contribution is -0.244. The number of carbonyl (C=O) groups excluding carboxylic acids is 2. The topological polar surface area (TPSA) is 113 Å². The Labute approximate surface area is 160 Å². The highest BCUT2D eigenvalue weighted by Gasteiger charge is 1.99. The van der Waals surface area contributed by atoms with Crippen LogP contribution in [0.3, 0.4) is 0 Å². The number of Topliss-reactive ketones (excluding diaryl/α,β-unsaturated/α-hetero) is 1. The van der Waals surface area contributed by atoms with E-state index in [4.69, 9.17) is 24.2 Å². The minimum Gasteiger partial charge on any atom is -0.379 e. The lowest BCUT2D eigenvalue weighted by Crippen LogP contribution is -2.26. The number of ether oxygens (including phenoxy) is 4. The van der Waals surface area contributed by atoms with Gasteiger partial charge in [0.1, 0.15) is 0 Å². The van der Waals surface area contributed by atoms with Crippen molar-refractivity contribution in [1.29, 1.82) is 0 Å². The number of ketones is 1. The molecule has 0 aromatic carbocycles. The third-order valence-electron chi connectivity index (χ3n) is 3.01. The molecule has 9 nitrogen and oxygen atoms in total. The second-order valence-corrected chi connectivity index (χ2v) is 5.25. The van der Waals surface area contributed by atoms with Crippen molar-refractivity contribution in [3.05, 3.63) is 0 Å². The zero-order chi connectivity index (χ0) is 20.0. The van der Waals surface area contributed by atoms with Crippen molar-refractivity contribution < 1.29 is 38.7 Å². The van der Waals surface area contributed by atoms with Crippen LogP contribution >= 0.6 is 0 Å². The molecule has 0 radical (unpaired) electrons. The van der Waals surface area contributed by atoms with Crippen molar-refractivity contribution in [3.8, 4) is 11.8 Å². The van der Waals surface area contributed by atoms with Gasteiger partial charge < -0.3 is 24.3 Å². The maximum Gasteiger partial charge on any atom is 0.296 e. The van der Waals surface area contributed by atoms with Gasteiger partial charge in [-0.05, 0) is 25.7 Å². The normalized spacial score (nSPS) is 10.3. The molecule has 2 N–H and O–H groups in total. The van der Waals surface area contributed by atoms with E-state index < -0.39 is 5.91 Å². The van der Waals surface area contributed by atoms with Crippen LogP contribution in [0.2, 0.25) is 0 Å². The number of amides is 1. The van der Waals surface area contributed by atoms with E-state index in [-0.39, 0.29) is 18.8 Å². The molecule has 0 rings (SSSR count). The summed E-state index contributed by atoms with van der Waals surface area (Å²) in [5, 5.41) is 10.6. The van der Waals surface area contributed by atoms with Gasteiger partial charge in [0.15, 0.2) is 0 Å². The molecule has 9 heteroatoms. The van der Waals surface area contributed by atoms with Gasteiger partial charge in [-0.15, -0.1) is 0 Å². The molecule has 0 spiro atoms. The van der Waals surface area contributed by atoms with Crippen LogP contribution in [0, 0.1) is 11.8 Å². The monoisotopic (exact) mass is 389 g/mol. The van der Waals surface area contributed by atoms with Crippen LogP contribution in [0.4, 0.5) is 0 Å². The predicted octanol–water partition coefficient (Wildman–Crippen LogP) is 0.421. The average molecular weight is 389 g/mol. The summed E-state index contributed by atoms with van der Waals surface area (Å²) in [5.41, 5.74) is 0. The van der Waals surface area contributed by atoms with Crippen molar-refractivity contribution in [3.63, 3.8) is 0 Å². The SMILES string of the molecule is CCOCCOCCCC(=O)C#CC(=O)NCCOCCOCCCOO. The van der Waals surface area contributed by atoms with E-state index >= 15 is 0 Å². The van der Waals surface area contributed by atoms with Crippen molar-refractivity contribution in [2.45, 2.75) is 26.2 Å². The first-order valence-corrected chi connectivity index (χ1v) is 9.10. The van der Waals surface area contributed by atoms with Gasteiger partial charge in [-0.25, -0.2) is 4.89 Å². The summed E-state index contributed by atoms with van der Waals surface area (Å²) in [7, 11) is 0. The standard InChI is InChI=1S/C18H31NO8/c1-2-23-13-14-24-9-3-5-17(20)6-7-18(21)19-8-12-26-16-15-25-10-4-11-27-22/h22H,2-5,8-16H2,1H3,(H,19,21). The minimum absolute atomic E-state index is 0.235. The molecule has 0 unspecified atom stereocenters. The summed E-state index contributed by atoms with van der Waals surface area (Å²) in [5.74, 6) is 3.76. The molecular formula is C18H31NO8. The Kier molecular flexibility index (Phi) is 19.6. The van der Waals surface area contributed by atoms with E-state index in [0.29, 0.717) is 72.2 Å². The predicted molar refractivity (Wildman–Crippen MR) is 97.2 cm³/mol. The molecule has 0 aliphatic carbocycles. The molecule has 0 aliphatic heterocycles. The molecule has 27 heavy (non-hydrogen) atoms. The van der Waals surface area contributed by atoms with E-state index in [2.05, 4.69) is 22.0 Å². The van der Waals surface area contributed by atoms with Crippen molar-refractivity contribution in [2.24, 2.45) is 0 Å². The van der Waals surface area contributed by atoms with E-state index in [0.717, 1.165) is 0 Å². The first-order chi connectivity index (χ1) is 13.2. The van der Waals surface area contributed by atoms with E-state index in [1.165, 1.54) is 0 Å². The summed E-state index contributed by atoms with van der Waals surface area (Å²) < 4.78 is 20.9. The molecule has 0 bridgehead atoms. The summed E-state index contributed by atoms with van der Waals surface area (Å²) in [4.78, 5) is 26.9. The van der Waals surface area contributed by atoms with E-state index in [1.54, 1.807) is 0 Å². The fourth-order valence-electron chi connectivity index (χ4n) is 1.72. The van der Waals surface area contributed by atoms with Crippen LogP contribution in [-0.2, 0) is 33.4 Å². The van der Waals surface area contributed by atoms with Crippen LogP contribution in [0.1, 0.15) is 26.2 Å². The minimum atomic E-state index is -0.514. The molecular weight excluding hydrogens is 358 g/mol. The zero-order valence-electron chi connectivity index (χ0n) is 16.0. The molecule has 1 amide bonds. The fourth-order valence-corrected chi connectivity index (χ4v) is 1.72. The maximum absolute atomic E-state index is 11.5. The van der Waals surface area contributed by atoms with Crippen LogP contribution < -0.4 is 5.32 Å². The Balaban J connectivity index is 3.47. The van der Waals surface area contributed by atoms with Gasteiger partial charge in [0.25, 0.3) is 5.91 Å². The lowest BCUT2D eigenvalue weighted by Gasteiger charge is -2.05. The second-order valence-electron chi connectivity index (χ2n) is 5.25. The molecule has 0 fully saturated rings. The molecule has 0 aromatic rings. The Bertz CT molecular complexity index is 433. The maximum atomic E-state index is 11.5. The quantitative estimate of drug-likeness (QED) is 0.114. The van der Waals surface area contributed by atoms with Crippen LogP contribution in [0.15, 0.2) is 0 Å². The van der Waals surface area contributed by atoms with Gasteiger partial charge >= 0.3 is 0 Å². The van der Waals surface area contributed by atoms with Crippen LogP contribution in [0.5, 0.6) is 0 Å². The first-order valence-electron chi connectivity index (χ1n) is 9.10. The highest BCUT2D eigenvalue weighted by Crippen LogP contribution is 1.91. The van der Waals surface area contributed by atoms with E-state index in [1.807, 2.05) is 6.92 Å². The number of nitrogens with one attached hydrogen (secondary N) is 1. The Morgan fingerprint density at radius 3 is 2.11 bits per heavy atom. The number of hydrogen-bond donors (Lipinski definition) is 2.